The van der Waals surface area contributed by atoms with E-state index in [-0.39, 0.29) is 18.1 Å². The molecule has 4 rings (SSSR count). The van der Waals surface area contributed by atoms with Crippen molar-refractivity contribution >= 4 is 56.6 Å². The predicted octanol–water partition coefficient (Wildman–Crippen LogP) is 5.25. The fourth-order valence-electron chi connectivity index (χ4n) is 5.17. The quantitative estimate of drug-likeness (QED) is 0.250. The summed E-state index contributed by atoms with van der Waals surface area (Å²) in [5, 5.41) is 1.33. The number of rotatable bonds is 7. The molecule has 11 heteroatoms. The number of amides is 1. The number of fused-ring (bicyclic) bond motifs is 1. The molecule has 1 amide bonds. The Morgan fingerprint density at radius 2 is 1.95 bits per heavy atom. The Balaban J connectivity index is 1.88. The Hall–Kier alpha value is -2.40. The van der Waals surface area contributed by atoms with E-state index in [9.17, 15) is 9.59 Å². The molecule has 0 bridgehead atoms. The molecule has 1 saturated heterocycles. The predicted molar refractivity (Wildman–Crippen MR) is 164 cm³/mol. The first-order chi connectivity index (χ1) is 18.8. The van der Waals surface area contributed by atoms with E-state index in [4.69, 9.17) is 21.3 Å². The second kappa shape index (κ2) is 12.2. The van der Waals surface area contributed by atoms with Crippen molar-refractivity contribution in [3.8, 4) is 5.69 Å². The zero-order chi connectivity index (χ0) is 29.4. The summed E-state index contributed by atoms with van der Waals surface area (Å²) in [5.74, 6) is 0.635. The van der Waals surface area contributed by atoms with Gasteiger partial charge in [0, 0.05) is 0 Å². The van der Waals surface area contributed by atoms with Gasteiger partial charge in [-0.2, -0.15) is 0 Å². The van der Waals surface area contributed by atoms with E-state index in [1.165, 1.54) is 0 Å². The third kappa shape index (κ3) is 6.10. The molecule has 0 radical (unpaired) electrons. The number of pyridine rings is 2. The number of piperazine rings is 1. The van der Waals surface area contributed by atoms with E-state index in [2.05, 4.69) is 50.5 Å². The molecule has 0 aromatic carbocycles. The number of carbonyl (C=O) groups is 1. The summed E-state index contributed by atoms with van der Waals surface area (Å²) < 4.78 is 7.98. The molecular weight excluding hydrogens is 635 g/mol. The van der Waals surface area contributed by atoms with Gasteiger partial charge in [0.1, 0.15) is 0 Å². The maximum absolute atomic E-state index is 14.0. The van der Waals surface area contributed by atoms with Crippen LogP contribution in [-0.2, 0) is 4.74 Å². The fourth-order valence-corrected chi connectivity index (χ4v) is 10.7. The zero-order valence-corrected chi connectivity index (χ0v) is 28.5. The average Bonchev–Trinajstić information content (AvgIpc) is 2.88. The number of ether oxygens (including phenoxy) is 1. The van der Waals surface area contributed by atoms with Crippen molar-refractivity contribution in [3.63, 3.8) is 0 Å². The van der Waals surface area contributed by atoms with Crippen LogP contribution in [0.1, 0.15) is 57.7 Å². The van der Waals surface area contributed by atoms with Gasteiger partial charge in [0.2, 0.25) is 0 Å². The van der Waals surface area contributed by atoms with Crippen LogP contribution in [0.15, 0.2) is 23.1 Å². The van der Waals surface area contributed by atoms with Crippen molar-refractivity contribution in [2.24, 2.45) is 0 Å². The van der Waals surface area contributed by atoms with Crippen LogP contribution >= 0.6 is 11.6 Å². The second-order valence-corrected chi connectivity index (χ2v) is 26.6. The summed E-state index contributed by atoms with van der Waals surface area (Å²) in [5.41, 5.74) is 2.62. The topological polar surface area (TPSA) is 93.5 Å². The summed E-state index contributed by atoms with van der Waals surface area (Å²) >= 11 is 4.10. The number of hydrogen-bond donors (Lipinski definition) is 0. The standard InChI is InChI=1S/C26H32ClN6O3.3CH3.Sn/c1-6-7-12-36-26(35)31-10-11-32(18(5)15-31)24-20-13-19(27)14-29-23(20)33(25(34)30-24)22-17(4)8-9-28-21(22)16(2)3;;;;/h8-9,13,16,18H,6-7,10-12,15H2,1-5H3;3*1H3;/t18-;;;;/m0..../s1. The van der Waals surface area contributed by atoms with Crippen LogP contribution in [0.3, 0.4) is 0 Å². The van der Waals surface area contributed by atoms with Crippen molar-refractivity contribution in [2.45, 2.75) is 74.2 Å². The molecule has 1 fully saturated rings. The number of nitrogens with zero attached hydrogens (tertiary/aromatic N) is 6. The van der Waals surface area contributed by atoms with Crippen molar-refractivity contribution in [2.75, 3.05) is 31.1 Å². The number of anilines is 1. The summed E-state index contributed by atoms with van der Waals surface area (Å²) in [6.45, 7) is 12.1. The third-order valence-corrected chi connectivity index (χ3v) is 13.2. The third-order valence-electron chi connectivity index (χ3n) is 7.32. The van der Waals surface area contributed by atoms with E-state index in [1.807, 2.05) is 26.0 Å². The van der Waals surface area contributed by atoms with E-state index >= 15 is 0 Å². The first-order valence-corrected chi connectivity index (χ1v) is 24.5. The minimum atomic E-state index is -2.78. The van der Waals surface area contributed by atoms with E-state index in [1.54, 1.807) is 15.7 Å². The first-order valence-electron chi connectivity index (χ1n) is 14.1. The molecule has 3 aromatic heterocycles. The van der Waals surface area contributed by atoms with Crippen molar-refractivity contribution in [1.82, 2.24) is 24.4 Å². The molecule has 0 spiro atoms. The molecule has 3 aromatic rings. The molecule has 9 nitrogen and oxygen atoms in total. The second-order valence-electron chi connectivity index (χ2n) is 12.0. The molecule has 0 unspecified atom stereocenters. The number of aryl methyl sites for hydroxylation is 1. The summed E-state index contributed by atoms with van der Waals surface area (Å²) in [4.78, 5) is 51.6. The molecule has 40 heavy (non-hydrogen) atoms. The summed E-state index contributed by atoms with van der Waals surface area (Å²) in [6, 6.07) is 3.75. The van der Waals surface area contributed by atoms with Crippen LogP contribution < -0.4 is 14.3 Å². The SMILES string of the molecule is CCCCOC(=O)N1CCN(c2nc(=O)n(-c3c(C)ccnc3C(C)C)c3n[c]([Sn]([CH3])([CH3])[CH3])c(Cl)cc23)[C@@H](C)C1. The maximum atomic E-state index is 14.0. The zero-order valence-electron chi connectivity index (χ0n) is 24.9. The van der Waals surface area contributed by atoms with Gasteiger partial charge in [-0.3, -0.25) is 0 Å². The fraction of sp³-hybridized carbons (Fsp3) is 0.552. The minimum absolute atomic E-state index is 0.0926. The molecule has 1 aliphatic heterocycles. The molecule has 0 aliphatic carbocycles. The first kappa shape index (κ1) is 30.6. The molecule has 1 aliphatic rings. The van der Waals surface area contributed by atoms with Gasteiger partial charge in [0.05, 0.1) is 0 Å². The number of unbranched alkanes of at least 4 members (excludes halogenated alkanes) is 1. The van der Waals surface area contributed by atoms with Gasteiger partial charge in [-0.05, 0) is 6.42 Å². The van der Waals surface area contributed by atoms with Gasteiger partial charge in [-0.25, -0.2) is 0 Å². The number of halogens is 1. The average molecular weight is 676 g/mol. The summed E-state index contributed by atoms with van der Waals surface area (Å²) in [6.07, 6.45) is 3.29. The Morgan fingerprint density at radius 1 is 1.23 bits per heavy atom. The van der Waals surface area contributed by atoms with E-state index in [0.29, 0.717) is 48.1 Å². The Kier molecular flexibility index (Phi) is 9.34. The monoisotopic (exact) mass is 676 g/mol. The molecule has 4 heterocycles. The van der Waals surface area contributed by atoms with Gasteiger partial charge in [0.25, 0.3) is 0 Å². The Morgan fingerprint density at radius 3 is 2.58 bits per heavy atom. The Bertz CT molecular complexity index is 1470. The van der Waals surface area contributed by atoms with Crippen LogP contribution in [-0.4, -0.2) is 81.2 Å². The van der Waals surface area contributed by atoms with Gasteiger partial charge in [-0.1, -0.05) is 13.3 Å². The van der Waals surface area contributed by atoms with Crippen LogP contribution in [0.25, 0.3) is 16.7 Å². The van der Waals surface area contributed by atoms with Crippen LogP contribution in [0.2, 0.25) is 19.8 Å². The number of aromatic nitrogens is 4. The van der Waals surface area contributed by atoms with Gasteiger partial charge < -0.3 is 0 Å². The molecular formula is C29H41ClN6O3Sn. The number of hydrogen-bond acceptors (Lipinski definition) is 7. The van der Waals surface area contributed by atoms with Crippen LogP contribution in [0, 0.1) is 6.92 Å². The molecule has 1 atom stereocenters. The molecule has 0 saturated carbocycles. The van der Waals surface area contributed by atoms with Crippen molar-refractivity contribution in [1.29, 1.82) is 0 Å². The Labute approximate surface area is 245 Å². The molecule has 0 N–H and O–H groups in total. The van der Waals surface area contributed by atoms with Crippen molar-refractivity contribution in [3.05, 3.63) is 45.1 Å². The normalized spacial score (nSPS) is 16.2. The van der Waals surface area contributed by atoms with Gasteiger partial charge >= 0.3 is 227 Å². The van der Waals surface area contributed by atoms with Crippen LogP contribution in [0.5, 0.6) is 0 Å². The van der Waals surface area contributed by atoms with Gasteiger partial charge in [0.15, 0.2) is 0 Å². The van der Waals surface area contributed by atoms with E-state index < -0.39 is 24.1 Å². The van der Waals surface area contributed by atoms with E-state index in [0.717, 1.165) is 33.5 Å². The molecule has 216 valence electrons. The number of carbonyl (C=O) groups excluding carboxylic acids is 1. The van der Waals surface area contributed by atoms with Crippen molar-refractivity contribution < 1.29 is 9.53 Å². The summed E-state index contributed by atoms with van der Waals surface area (Å²) in [7, 11) is 0. The van der Waals surface area contributed by atoms with Gasteiger partial charge in [-0.15, -0.1) is 0 Å². The van der Waals surface area contributed by atoms with Crippen LogP contribution in [0.4, 0.5) is 10.6 Å².